The Morgan fingerprint density at radius 2 is 1.47 bits per heavy atom. The van der Waals surface area contributed by atoms with Crippen LogP contribution in [-0.4, -0.2) is 43.1 Å². The van der Waals surface area contributed by atoms with Gasteiger partial charge in [0.2, 0.25) is 5.91 Å². The van der Waals surface area contributed by atoms with E-state index in [1.54, 1.807) is 0 Å². The van der Waals surface area contributed by atoms with Crippen LogP contribution in [0, 0.1) is 5.21 Å². The second kappa shape index (κ2) is 12.4. The van der Waals surface area contributed by atoms with Crippen molar-refractivity contribution in [1.82, 2.24) is 9.96 Å². The maximum atomic E-state index is 11.6. The monoisotopic (exact) mass is 271 g/mol. The van der Waals surface area contributed by atoms with Gasteiger partial charge in [0.25, 0.3) is 0 Å². The third kappa shape index (κ3) is 12.2. The van der Waals surface area contributed by atoms with Crippen molar-refractivity contribution in [3.05, 3.63) is 5.21 Å². The molecule has 0 rings (SSSR count). The fourth-order valence-corrected chi connectivity index (χ4v) is 2.01. The van der Waals surface area contributed by atoms with E-state index in [0.29, 0.717) is 18.0 Å². The molecule has 0 saturated carbocycles. The Kier molecular flexibility index (Phi) is 12.0. The van der Waals surface area contributed by atoms with Gasteiger partial charge >= 0.3 is 0 Å². The summed E-state index contributed by atoms with van der Waals surface area (Å²) < 4.78 is 0. The van der Waals surface area contributed by atoms with Crippen LogP contribution in [0.2, 0.25) is 0 Å². The molecule has 0 aliphatic rings. The summed E-state index contributed by atoms with van der Waals surface area (Å²) in [5.74, 6) is -0.243. The minimum Gasteiger partial charge on any atom is -0.756 e. The van der Waals surface area contributed by atoms with E-state index in [9.17, 15) is 10.0 Å². The van der Waals surface area contributed by atoms with E-state index >= 15 is 0 Å². The van der Waals surface area contributed by atoms with Gasteiger partial charge in [0.1, 0.15) is 0 Å². The highest BCUT2D eigenvalue weighted by Crippen LogP contribution is 2.09. The molecule has 0 N–H and O–H groups in total. The number of unbranched alkanes of at least 4 members (excludes halogenated alkanes) is 6. The third-order valence-electron chi connectivity index (χ3n) is 3.24. The predicted molar refractivity (Wildman–Crippen MR) is 80.9 cm³/mol. The number of amides is 1. The molecule has 0 heterocycles. The Balaban J connectivity index is 3.41. The van der Waals surface area contributed by atoms with Gasteiger partial charge < -0.3 is 15.2 Å². The Labute approximate surface area is 118 Å². The lowest BCUT2D eigenvalue weighted by atomic mass is 10.1. The minimum atomic E-state index is -0.243. The molecule has 0 bridgehead atoms. The number of carbonyl (C=O) groups is 1. The van der Waals surface area contributed by atoms with E-state index in [1.807, 2.05) is 19.0 Å². The summed E-state index contributed by atoms with van der Waals surface area (Å²) in [6.07, 6.45) is 9.40. The molecule has 4 heteroatoms. The van der Waals surface area contributed by atoms with Gasteiger partial charge in [-0.2, -0.15) is 0 Å². The van der Waals surface area contributed by atoms with Crippen LogP contribution < -0.4 is 0 Å². The van der Waals surface area contributed by atoms with Crippen molar-refractivity contribution in [3.63, 3.8) is 0 Å². The topological polar surface area (TPSA) is 46.6 Å². The molecular formula is C15H31N2O2-. The van der Waals surface area contributed by atoms with Crippen molar-refractivity contribution in [2.45, 2.75) is 64.7 Å². The van der Waals surface area contributed by atoms with Gasteiger partial charge in [-0.15, -0.1) is 0 Å². The van der Waals surface area contributed by atoms with Gasteiger partial charge in [-0.3, -0.25) is 4.79 Å². The smallest absolute Gasteiger partial charge is 0.212 e. The van der Waals surface area contributed by atoms with Crippen molar-refractivity contribution < 1.29 is 4.79 Å². The molecule has 0 fully saturated rings. The number of carbonyl (C=O) groups excluding carboxylic acids is 1. The van der Waals surface area contributed by atoms with Crippen LogP contribution in [0.4, 0.5) is 0 Å². The fraction of sp³-hybridized carbons (Fsp3) is 0.933. The fourth-order valence-electron chi connectivity index (χ4n) is 2.01. The minimum absolute atomic E-state index is 0.243. The lowest BCUT2D eigenvalue weighted by Crippen LogP contribution is -2.28. The summed E-state index contributed by atoms with van der Waals surface area (Å²) in [6.45, 7) is 3.38. The molecular weight excluding hydrogens is 240 g/mol. The van der Waals surface area contributed by atoms with Crippen molar-refractivity contribution in [2.24, 2.45) is 0 Å². The second-order valence-electron chi connectivity index (χ2n) is 5.52. The van der Waals surface area contributed by atoms with E-state index < -0.39 is 0 Å². The highest BCUT2D eigenvalue weighted by atomic mass is 16.5. The summed E-state index contributed by atoms with van der Waals surface area (Å²) >= 11 is 0. The van der Waals surface area contributed by atoms with E-state index in [2.05, 4.69) is 6.92 Å². The second-order valence-corrected chi connectivity index (χ2v) is 5.52. The molecule has 1 amide bonds. The van der Waals surface area contributed by atoms with Crippen LogP contribution in [0.1, 0.15) is 64.7 Å². The van der Waals surface area contributed by atoms with E-state index in [4.69, 9.17) is 0 Å². The van der Waals surface area contributed by atoms with E-state index in [-0.39, 0.29) is 5.91 Å². The summed E-state index contributed by atoms with van der Waals surface area (Å²) in [5, 5.41) is 12.1. The van der Waals surface area contributed by atoms with Crippen molar-refractivity contribution in [3.8, 4) is 0 Å². The molecule has 0 aromatic carbocycles. The van der Waals surface area contributed by atoms with Gasteiger partial charge in [0.15, 0.2) is 0 Å². The van der Waals surface area contributed by atoms with Crippen LogP contribution >= 0.6 is 0 Å². The van der Waals surface area contributed by atoms with E-state index in [1.165, 1.54) is 32.1 Å². The summed E-state index contributed by atoms with van der Waals surface area (Å²) in [7, 11) is 3.94. The number of hydrogen-bond donors (Lipinski definition) is 0. The van der Waals surface area contributed by atoms with Gasteiger partial charge in [-0.25, -0.2) is 0 Å². The molecule has 0 aromatic rings. The number of hydroxylamine groups is 2. The van der Waals surface area contributed by atoms with Crippen molar-refractivity contribution >= 4 is 5.91 Å². The first-order valence-corrected chi connectivity index (χ1v) is 7.70. The maximum Gasteiger partial charge on any atom is 0.212 e. The normalized spacial score (nSPS) is 11.0. The summed E-state index contributed by atoms with van der Waals surface area (Å²) in [5.41, 5.74) is 0. The zero-order valence-electron chi connectivity index (χ0n) is 13.0. The number of nitrogens with zero attached hydrogens (tertiary/aromatic N) is 2. The highest BCUT2D eigenvalue weighted by Gasteiger charge is 2.03. The molecule has 0 unspecified atom stereocenters. The summed E-state index contributed by atoms with van der Waals surface area (Å²) in [4.78, 5) is 13.6. The molecule has 114 valence electrons. The number of rotatable bonds is 12. The SMILES string of the molecule is CCCCCCCCCC(=O)N([O-])CCCN(C)C. The molecule has 0 spiro atoms. The molecule has 0 aliphatic heterocycles. The average molecular weight is 271 g/mol. The van der Waals surface area contributed by atoms with Crippen LogP contribution in [0.5, 0.6) is 0 Å². The predicted octanol–water partition coefficient (Wildman–Crippen LogP) is 3.41. The third-order valence-corrected chi connectivity index (χ3v) is 3.24. The number of hydrogen-bond acceptors (Lipinski definition) is 3. The molecule has 0 aromatic heterocycles. The first-order chi connectivity index (χ1) is 9.07. The zero-order chi connectivity index (χ0) is 14.5. The van der Waals surface area contributed by atoms with Gasteiger partial charge in [0.05, 0.1) is 0 Å². The van der Waals surface area contributed by atoms with Crippen LogP contribution in [0.15, 0.2) is 0 Å². The Hall–Kier alpha value is -0.610. The first-order valence-electron chi connectivity index (χ1n) is 7.70. The molecule has 0 radical (unpaired) electrons. The quantitative estimate of drug-likeness (QED) is 0.404. The molecule has 0 aliphatic carbocycles. The first kappa shape index (κ1) is 18.4. The van der Waals surface area contributed by atoms with Crippen LogP contribution in [0.3, 0.4) is 0 Å². The average Bonchev–Trinajstić information content (AvgIpc) is 2.36. The van der Waals surface area contributed by atoms with Gasteiger partial charge in [0, 0.05) is 13.0 Å². The van der Waals surface area contributed by atoms with Crippen LogP contribution in [0.25, 0.3) is 0 Å². The Morgan fingerprint density at radius 1 is 0.895 bits per heavy atom. The lowest BCUT2D eigenvalue weighted by Gasteiger charge is -2.28. The molecule has 19 heavy (non-hydrogen) atoms. The lowest BCUT2D eigenvalue weighted by molar-refractivity contribution is -0.128. The largest absolute Gasteiger partial charge is 0.756 e. The van der Waals surface area contributed by atoms with E-state index in [0.717, 1.165) is 25.8 Å². The Morgan fingerprint density at radius 3 is 2.05 bits per heavy atom. The molecule has 0 saturated heterocycles. The highest BCUT2D eigenvalue weighted by molar-refractivity contribution is 5.76. The van der Waals surface area contributed by atoms with Gasteiger partial charge in [-0.1, -0.05) is 45.4 Å². The molecule has 0 atom stereocenters. The van der Waals surface area contributed by atoms with Gasteiger partial charge in [-0.05, 0) is 33.5 Å². The van der Waals surface area contributed by atoms with Crippen molar-refractivity contribution in [2.75, 3.05) is 27.2 Å². The summed E-state index contributed by atoms with van der Waals surface area (Å²) in [6, 6.07) is 0. The Bertz CT molecular complexity index is 220. The van der Waals surface area contributed by atoms with Crippen LogP contribution in [-0.2, 0) is 4.79 Å². The zero-order valence-corrected chi connectivity index (χ0v) is 13.0. The molecule has 4 nitrogen and oxygen atoms in total. The van der Waals surface area contributed by atoms with Crippen molar-refractivity contribution in [1.29, 1.82) is 0 Å². The standard InChI is InChI=1S/C15H31N2O2/c1-4-5-6-7-8-9-10-12-15(18)17(19)14-11-13-16(2)3/h4-14H2,1-3H3/q-1. The maximum absolute atomic E-state index is 11.6.